The minimum Gasteiger partial charge on any atom is -0.355 e. The predicted molar refractivity (Wildman–Crippen MR) is 89.1 cm³/mol. The van der Waals surface area contributed by atoms with Gasteiger partial charge in [0.15, 0.2) is 0 Å². The van der Waals surface area contributed by atoms with Crippen LogP contribution in [-0.2, 0) is 13.1 Å². The van der Waals surface area contributed by atoms with Crippen molar-refractivity contribution in [2.45, 2.75) is 13.1 Å². The lowest BCUT2D eigenvalue weighted by molar-refractivity contribution is 0.0963. The molecule has 2 aromatic carbocycles. The molecule has 3 nitrogen and oxygen atoms in total. The van der Waals surface area contributed by atoms with Crippen LogP contribution in [0.15, 0.2) is 46.9 Å². The van der Waals surface area contributed by atoms with Crippen LogP contribution in [-0.4, -0.2) is 24.9 Å². The molecule has 22 heavy (non-hydrogen) atoms. The molecule has 0 saturated carbocycles. The Bertz CT molecular complexity index is 658. The highest BCUT2D eigenvalue weighted by Crippen LogP contribution is 2.17. The molecule has 1 amide bonds. The first-order valence-electron chi connectivity index (χ1n) is 6.93. The highest BCUT2D eigenvalue weighted by Gasteiger charge is 2.08. The van der Waals surface area contributed by atoms with Gasteiger partial charge in [0.05, 0.1) is 0 Å². The van der Waals surface area contributed by atoms with Crippen molar-refractivity contribution in [3.05, 3.63) is 69.4 Å². The second-order valence-corrected chi connectivity index (χ2v) is 6.10. The molecule has 0 aliphatic heterocycles. The molecule has 2 rings (SSSR count). The molecule has 0 saturated heterocycles. The van der Waals surface area contributed by atoms with Crippen LogP contribution in [0.5, 0.6) is 0 Å². The van der Waals surface area contributed by atoms with Crippen LogP contribution in [0.4, 0.5) is 4.39 Å². The summed E-state index contributed by atoms with van der Waals surface area (Å²) in [5.74, 6) is -0.312. The van der Waals surface area contributed by atoms with Crippen molar-refractivity contribution in [2.24, 2.45) is 0 Å². The van der Waals surface area contributed by atoms with Crippen molar-refractivity contribution < 1.29 is 9.18 Å². The van der Waals surface area contributed by atoms with Gasteiger partial charge in [-0.05, 0) is 36.9 Å². The number of hydrogen-bond acceptors (Lipinski definition) is 2. The Kier molecular flexibility index (Phi) is 5.69. The Morgan fingerprint density at radius 3 is 2.45 bits per heavy atom. The van der Waals surface area contributed by atoms with Crippen LogP contribution in [0.25, 0.3) is 0 Å². The number of carbonyl (C=O) groups excluding carboxylic acids is 1. The highest BCUT2D eigenvalue weighted by molar-refractivity contribution is 9.10. The maximum absolute atomic E-state index is 13.8. The van der Waals surface area contributed by atoms with Gasteiger partial charge in [-0.25, -0.2) is 4.39 Å². The van der Waals surface area contributed by atoms with E-state index in [1.54, 1.807) is 25.2 Å². The summed E-state index contributed by atoms with van der Waals surface area (Å²) in [6.07, 6.45) is 0. The minimum atomic E-state index is -0.212. The van der Waals surface area contributed by atoms with Crippen molar-refractivity contribution in [1.29, 1.82) is 0 Å². The molecule has 116 valence electrons. The quantitative estimate of drug-likeness (QED) is 0.879. The molecule has 0 aliphatic rings. The number of hydrogen-bond donors (Lipinski definition) is 1. The van der Waals surface area contributed by atoms with Crippen LogP contribution in [0.3, 0.4) is 0 Å². The fourth-order valence-electron chi connectivity index (χ4n) is 2.21. The van der Waals surface area contributed by atoms with Gasteiger partial charge in [0, 0.05) is 35.7 Å². The fourth-order valence-corrected chi connectivity index (χ4v) is 2.55. The van der Waals surface area contributed by atoms with Crippen LogP contribution in [0.1, 0.15) is 21.5 Å². The standard InChI is InChI=1S/C17H18BrFN2O/c1-20-17(22)13-5-3-12(4-6-13)10-21(2)11-14-7-8-15(18)9-16(14)19/h3-9H,10-11H2,1-2H3,(H,20,22). The Morgan fingerprint density at radius 2 is 1.86 bits per heavy atom. The van der Waals surface area contributed by atoms with Crippen molar-refractivity contribution in [3.8, 4) is 0 Å². The molecular formula is C17H18BrFN2O. The molecule has 0 radical (unpaired) electrons. The summed E-state index contributed by atoms with van der Waals surface area (Å²) in [4.78, 5) is 13.5. The number of carbonyl (C=O) groups is 1. The summed E-state index contributed by atoms with van der Waals surface area (Å²) in [6.45, 7) is 1.21. The van der Waals surface area contributed by atoms with E-state index in [2.05, 4.69) is 21.2 Å². The molecule has 0 spiro atoms. The van der Waals surface area contributed by atoms with Crippen LogP contribution in [0.2, 0.25) is 0 Å². The van der Waals surface area contributed by atoms with Crippen LogP contribution in [0, 0.1) is 5.82 Å². The minimum absolute atomic E-state index is 0.100. The average Bonchev–Trinajstić information content (AvgIpc) is 2.50. The van der Waals surface area contributed by atoms with E-state index in [4.69, 9.17) is 0 Å². The van der Waals surface area contributed by atoms with E-state index in [9.17, 15) is 9.18 Å². The average molecular weight is 365 g/mol. The fraction of sp³-hybridized carbons (Fsp3) is 0.235. The summed E-state index contributed by atoms with van der Waals surface area (Å²) in [6, 6.07) is 12.5. The molecule has 0 unspecified atom stereocenters. The normalized spacial score (nSPS) is 10.8. The van der Waals surface area contributed by atoms with E-state index in [0.29, 0.717) is 24.2 Å². The molecule has 0 atom stereocenters. The SMILES string of the molecule is CNC(=O)c1ccc(CN(C)Cc2ccc(Br)cc2F)cc1. The van der Waals surface area contributed by atoms with Gasteiger partial charge in [0.1, 0.15) is 5.82 Å². The Labute approximate surface area is 138 Å². The topological polar surface area (TPSA) is 32.3 Å². The van der Waals surface area contributed by atoms with Crippen molar-refractivity contribution >= 4 is 21.8 Å². The summed E-state index contributed by atoms with van der Waals surface area (Å²) in [5, 5.41) is 2.59. The largest absolute Gasteiger partial charge is 0.355 e. The molecule has 5 heteroatoms. The maximum Gasteiger partial charge on any atom is 0.251 e. The number of halogens is 2. The first kappa shape index (κ1) is 16.6. The van der Waals surface area contributed by atoms with Gasteiger partial charge < -0.3 is 5.32 Å². The Hall–Kier alpha value is -1.72. The smallest absolute Gasteiger partial charge is 0.251 e. The van der Waals surface area contributed by atoms with Crippen molar-refractivity contribution in [3.63, 3.8) is 0 Å². The lowest BCUT2D eigenvalue weighted by Gasteiger charge is -2.17. The summed E-state index contributed by atoms with van der Waals surface area (Å²) < 4.78 is 14.6. The third-order valence-electron chi connectivity index (χ3n) is 3.35. The lowest BCUT2D eigenvalue weighted by atomic mass is 10.1. The third-order valence-corrected chi connectivity index (χ3v) is 3.84. The zero-order chi connectivity index (χ0) is 16.1. The molecule has 0 heterocycles. The van der Waals surface area contributed by atoms with Gasteiger partial charge in [0.2, 0.25) is 0 Å². The van der Waals surface area contributed by atoms with E-state index < -0.39 is 0 Å². The second-order valence-electron chi connectivity index (χ2n) is 5.18. The number of amides is 1. The van der Waals surface area contributed by atoms with Gasteiger partial charge in [0.25, 0.3) is 5.91 Å². The Morgan fingerprint density at radius 1 is 1.18 bits per heavy atom. The zero-order valence-electron chi connectivity index (χ0n) is 12.6. The van der Waals surface area contributed by atoms with Gasteiger partial charge >= 0.3 is 0 Å². The summed E-state index contributed by atoms with van der Waals surface area (Å²) in [5.41, 5.74) is 2.37. The molecule has 0 aliphatic carbocycles. The monoisotopic (exact) mass is 364 g/mol. The number of nitrogens with one attached hydrogen (secondary N) is 1. The van der Waals surface area contributed by atoms with E-state index in [0.717, 1.165) is 10.0 Å². The van der Waals surface area contributed by atoms with Gasteiger partial charge in [-0.15, -0.1) is 0 Å². The second kappa shape index (κ2) is 7.51. The summed E-state index contributed by atoms with van der Waals surface area (Å²) in [7, 11) is 3.55. The molecule has 0 fully saturated rings. The number of benzene rings is 2. The van der Waals surface area contributed by atoms with Crippen molar-refractivity contribution in [1.82, 2.24) is 10.2 Å². The van der Waals surface area contributed by atoms with Gasteiger partial charge in [-0.1, -0.05) is 34.1 Å². The van der Waals surface area contributed by atoms with E-state index in [1.165, 1.54) is 6.07 Å². The maximum atomic E-state index is 13.8. The summed E-state index contributed by atoms with van der Waals surface area (Å²) >= 11 is 3.25. The first-order valence-corrected chi connectivity index (χ1v) is 7.72. The van der Waals surface area contributed by atoms with E-state index in [1.807, 2.05) is 30.1 Å². The zero-order valence-corrected chi connectivity index (χ0v) is 14.2. The molecule has 0 bridgehead atoms. The van der Waals surface area contributed by atoms with Crippen LogP contribution < -0.4 is 5.32 Å². The van der Waals surface area contributed by atoms with Gasteiger partial charge in [-0.2, -0.15) is 0 Å². The molecule has 2 aromatic rings. The molecule has 1 N–H and O–H groups in total. The number of rotatable bonds is 5. The highest BCUT2D eigenvalue weighted by atomic mass is 79.9. The van der Waals surface area contributed by atoms with E-state index >= 15 is 0 Å². The van der Waals surface area contributed by atoms with Crippen LogP contribution >= 0.6 is 15.9 Å². The lowest BCUT2D eigenvalue weighted by Crippen LogP contribution is -2.19. The third kappa shape index (κ3) is 4.39. The Balaban J connectivity index is 1.99. The molecular weight excluding hydrogens is 347 g/mol. The van der Waals surface area contributed by atoms with E-state index in [-0.39, 0.29) is 11.7 Å². The molecule has 0 aromatic heterocycles. The number of nitrogens with zero attached hydrogens (tertiary/aromatic N) is 1. The van der Waals surface area contributed by atoms with Crippen molar-refractivity contribution in [2.75, 3.05) is 14.1 Å². The predicted octanol–water partition coefficient (Wildman–Crippen LogP) is 3.58. The van der Waals surface area contributed by atoms with Gasteiger partial charge in [-0.3, -0.25) is 9.69 Å². The first-order chi connectivity index (χ1) is 10.5.